The van der Waals surface area contributed by atoms with E-state index in [0.29, 0.717) is 0 Å². The maximum atomic E-state index is 4.49. The first kappa shape index (κ1) is 13.2. The minimum atomic E-state index is 0.755. The van der Waals surface area contributed by atoms with Gasteiger partial charge in [0.05, 0.1) is 0 Å². The lowest BCUT2D eigenvalue weighted by Gasteiger charge is -2.11. The van der Waals surface area contributed by atoms with E-state index in [1.807, 2.05) is 24.3 Å². The standard InChI is InChI=1S/C15H14N4S2/c1-9-6-7-16-15(19-9)21-14-12-10-4-2-3-5-11(10)20-13(12)17-8-18-14/h6-8H,2-5H2,1H3. The minimum absolute atomic E-state index is 0.755. The van der Waals surface area contributed by atoms with E-state index in [9.17, 15) is 0 Å². The second-order valence-corrected chi connectivity index (χ2v) is 7.19. The number of aryl methyl sites for hydroxylation is 3. The monoisotopic (exact) mass is 314 g/mol. The smallest absolute Gasteiger partial charge is 0.194 e. The van der Waals surface area contributed by atoms with Crippen LogP contribution in [0.5, 0.6) is 0 Å². The van der Waals surface area contributed by atoms with Crippen LogP contribution in [0.4, 0.5) is 0 Å². The highest BCUT2D eigenvalue weighted by Crippen LogP contribution is 2.40. The number of rotatable bonds is 2. The molecule has 0 amide bonds. The highest BCUT2D eigenvalue weighted by atomic mass is 32.2. The second-order valence-electron chi connectivity index (χ2n) is 5.15. The van der Waals surface area contributed by atoms with Crippen molar-refractivity contribution in [3.8, 4) is 0 Å². The molecule has 0 atom stereocenters. The predicted molar refractivity (Wildman–Crippen MR) is 84.9 cm³/mol. The fourth-order valence-electron chi connectivity index (χ4n) is 2.70. The summed E-state index contributed by atoms with van der Waals surface area (Å²) in [5.41, 5.74) is 2.43. The molecular weight excluding hydrogens is 300 g/mol. The van der Waals surface area contributed by atoms with E-state index in [0.717, 1.165) is 27.1 Å². The van der Waals surface area contributed by atoms with E-state index in [2.05, 4.69) is 19.9 Å². The van der Waals surface area contributed by atoms with Crippen molar-refractivity contribution < 1.29 is 0 Å². The summed E-state index contributed by atoms with van der Waals surface area (Å²) in [6.07, 6.45) is 8.33. The summed E-state index contributed by atoms with van der Waals surface area (Å²) in [7, 11) is 0. The van der Waals surface area contributed by atoms with Crippen LogP contribution >= 0.6 is 23.1 Å². The molecule has 0 N–H and O–H groups in total. The zero-order valence-electron chi connectivity index (χ0n) is 11.7. The van der Waals surface area contributed by atoms with Gasteiger partial charge in [0.25, 0.3) is 0 Å². The zero-order valence-corrected chi connectivity index (χ0v) is 13.3. The van der Waals surface area contributed by atoms with Gasteiger partial charge in [-0.3, -0.25) is 0 Å². The lowest BCUT2D eigenvalue weighted by Crippen LogP contribution is -1.99. The van der Waals surface area contributed by atoms with Crippen molar-refractivity contribution in [3.63, 3.8) is 0 Å². The van der Waals surface area contributed by atoms with Crippen LogP contribution in [0.15, 0.2) is 28.8 Å². The molecule has 0 bridgehead atoms. The highest BCUT2D eigenvalue weighted by Gasteiger charge is 2.20. The van der Waals surface area contributed by atoms with Crippen LogP contribution < -0.4 is 0 Å². The fourth-order valence-corrected chi connectivity index (χ4v) is 4.89. The average Bonchev–Trinajstić information content (AvgIpc) is 2.87. The van der Waals surface area contributed by atoms with Gasteiger partial charge in [-0.05, 0) is 56.0 Å². The van der Waals surface area contributed by atoms with Crippen LogP contribution in [0, 0.1) is 6.92 Å². The van der Waals surface area contributed by atoms with E-state index in [4.69, 9.17) is 0 Å². The average molecular weight is 314 g/mol. The number of hydrogen-bond acceptors (Lipinski definition) is 6. The molecule has 0 saturated heterocycles. The van der Waals surface area contributed by atoms with Gasteiger partial charge in [-0.25, -0.2) is 19.9 Å². The third-order valence-electron chi connectivity index (χ3n) is 3.68. The molecule has 0 spiro atoms. The molecule has 1 aliphatic rings. The summed E-state index contributed by atoms with van der Waals surface area (Å²) in [5, 5.41) is 2.98. The van der Waals surface area contributed by atoms with E-state index in [1.54, 1.807) is 24.3 Å². The van der Waals surface area contributed by atoms with E-state index in [-0.39, 0.29) is 0 Å². The Morgan fingerprint density at radius 3 is 2.95 bits per heavy atom. The van der Waals surface area contributed by atoms with Gasteiger partial charge in [-0.2, -0.15) is 0 Å². The first-order chi connectivity index (χ1) is 10.3. The molecule has 0 radical (unpaired) electrons. The lowest BCUT2D eigenvalue weighted by molar-refractivity contribution is 0.699. The van der Waals surface area contributed by atoms with Gasteiger partial charge in [-0.15, -0.1) is 11.3 Å². The van der Waals surface area contributed by atoms with Crippen molar-refractivity contribution in [2.24, 2.45) is 0 Å². The maximum absolute atomic E-state index is 4.49. The van der Waals surface area contributed by atoms with Gasteiger partial charge in [0.15, 0.2) is 5.16 Å². The molecule has 0 fully saturated rings. The summed E-state index contributed by atoms with van der Waals surface area (Å²) >= 11 is 3.36. The van der Waals surface area contributed by atoms with Crippen molar-refractivity contribution in [2.45, 2.75) is 42.8 Å². The van der Waals surface area contributed by atoms with Crippen LogP contribution in [0.1, 0.15) is 29.0 Å². The molecule has 6 heteroatoms. The second kappa shape index (κ2) is 5.35. The van der Waals surface area contributed by atoms with Gasteiger partial charge in [0, 0.05) is 22.2 Å². The van der Waals surface area contributed by atoms with Crippen molar-refractivity contribution in [2.75, 3.05) is 0 Å². The first-order valence-electron chi connectivity index (χ1n) is 7.04. The van der Waals surface area contributed by atoms with Crippen LogP contribution in [-0.2, 0) is 12.8 Å². The molecule has 106 valence electrons. The molecule has 21 heavy (non-hydrogen) atoms. The first-order valence-corrected chi connectivity index (χ1v) is 8.67. The molecule has 4 nitrogen and oxygen atoms in total. The molecule has 3 aromatic heterocycles. The molecule has 0 unspecified atom stereocenters. The highest BCUT2D eigenvalue weighted by molar-refractivity contribution is 7.99. The van der Waals surface area contributed by atoms with Gasteiger partial charge in [0.2, 0.25) is 0 Å². The Labute approximate surface area is 131 Å². The Morgan fingerprint density at radius 1 is 1.14 bits per heavy atom. The third-order valence-corrected chi connectivity index (χ3v) is 5.76. The summed E-state index contributed by atoms with van der Waals surface area (Å²) in [6, 6.07) is 1.91. The minimum Gasteiger partial charge on any atom is -0.231 e. The van der Waals surface area contributed by atoms with Crippen LogP contribution in [-0.4, -0.2) is 19.9 Å². The maximum Gasteiger partial charge on any atom is 0.194 e. The Hall–Kier alpha value is -1.53. The van der Waals surface area contributed by atoms with Crippen molar-refractivity contribution >= 4 is 33.3 Å². The number of hydrogen-bond donors (Lipinski definition) is 0. The van der Waals surface area contributed by atoms with E-state index < -0.39 is 0 Å². The summed E-state index contributed by atoms with van der Waals surface area (Å²) in [4.78, 5) is 20.3. The SMILES string of the molecule is Cc1ccnc(Sc2ncnc3sc4c(c23)CCCC4)n1. The Morgan fingerprint density at radius 2 is 2.05 bits per heavy atom. The number of fused-ring (bicyclic) bond motifs is 3. The molecule has 0 saturated carbocycles. The van der Waals surface area contributed by atoms with Crippen LogP contribution in [0.25, 0.3) is 10.2 Å². The molecule has 3 aromatic rings. The van der Waals surface area contributed by atoms with Gasteiger partial charge >= 0.3 is 0 Å². The predicted octanol–water partition coefficient (Wildman–Crippen LogP) is 3.82. The summed E-state index contributed by atoms with van der Waals surface area (Å²) in [6.45, 7) is 1.98. The molecule has 3 heterocycles. The lowest BCUT2D eigenvalue weighted by atomic mass is 9.97. The molecule has 1 aliphatic carbocycles. The van der Waals surface area contributed by atoms with Gasteiger partial charge < -0.3 is 0 Å². The van der Waals surface area contributed by atoms with Crippen LogP contribution in [0.2, 0.25) is 0 Å². The van der Waals surface area contributed by atoms with E-state index >= 15 is 0 Å². The van der Waals surface area contributed by atoms with Crippen molar-refractivity contribution in [1.29, 1.82) is 0 Å². The number of thiophene rings is 1. The Balaban J connectivity index is 1.83. The van der Waals surface area contributed by atoms with Crippen LogP contribution in [0.3, 0.4) is 0 Å². The summed E-state index contributed by atoms with van der Waals surface area (Å²) < 4.78 is 0. The zero-order chi connectivity index (χ0) is 14.2. The molecule has 0 aliphatic heterocycles. The number of aromatic nitrogens is 4. The van der Waals surface area contributed by atoms with Crippen molar-refractivity contribution in [3.05, 3.63) is 34.7 Å². The number of nitrogens with zero attached hydrogens (tertiary/aromatic N) is 4. The molecule has 4 rings (SSSR count). The van der Waals surface area contributed by atoms with E-state index in [1.165, 1.54) is 35.1 Å². The topological polar surface area (TPSA) is 51.6 Å². The third kappa shape index (κ3) is 2.42. The quantitative estimate of drug-likeness (QED) is 0.531. The van der Waals surface area contributed by atoms with Gasteiger partial charge in [-0.1, -0.05) is 0 Å². The molecular formula is C15H14N4S2. The Bertz CT molecular complexity index is 813. The summed E-state index contributed by atoms with van der Waals surface area (Å²) in [5.74, 6) is 0. The van der Waals surface area contributed by atoms with Gasteiger partial charge in [0.1, 0.15) is 16.2 Å². The normalized spacial score (nSPS) is 14.3. The van der Waals surface area contributed by atoms with Crippen molar-refractivity contribution in [1.82, 2.24) is 19.9 Å². The largest absolute Gasteiger partial charge is 0.231 e. The molecule has 0 aromatic carbocycles. The Kier molecular flexibility index (Phi) is 3.35. The fraction of sp³-hybridized carbons (Fsp3) is 0.333.